The van der Waals surface area contributed by atoms with Gasteiger partial charge in [-0.2, -0.15) is 0 Å². The Balaban J connectivity index is 1.58. The number of nitrogens with one attached hydrogen (secondary N) is 1. The van der Waals surface area contributed by atoms with E-state index in [1.807, 2.05) is 30.5 Å². The van der Waals surface area contributed by atoms with E-state index in [2.05, 4.69) is 27.3 Å². The molecule has 0 radical (unpaired) electrons. The summed E-state index contributed by atoms with van der Waals surface area (Å²) in [6.07, 6.45) is 4.54. The van der Waals surface area contributed by atoms with Crippen LogP contribution in [0.25, 0.3) is 0 Å². The number of aromatic nitrogens is 1. The number of carbonyl (C=O) groups excluding carboxylic acids is 1. The van der Waals surface area contributed by atoms with Crippen molar-refractivity contribution in [1.82, 2.24) is 10.3 Å². The molecule has 1 aromatic heterocycles. The van der Waals surface area contributed by atoms with Crippen LogP contribution in [0.3, 0.4) is 0 Å². The zero-order valence-corrected chi connectivity index (χ0v) is 12.5. The van der Waals surface area contributed by atoms with E-state index >= 15 is 0 Å². The fraction of sp³-hybridized carbons (Fsp3) is 0.333. The molecule has 1 aliphatic carbocycles. The quantitative estimate of drug-likeness (QED) is 0.946. The largest absolute Gasteiger partial charge is 0.365 e. The van der Waals surface area contributed by atoms with E-state index < -0.39 is 0 Å². The summed E-state index contributed by atoms with van der Waals surface area (Å²) in [4.78, 5) is 18.9. The summed E-state index contributed by atoms with van der Waals surface area (Å²) in [5, 5.41) is 2.95. The number of hydrogen-bond acceptors (Lipinski definition) is 3. The molecule has 2 aromatic rings. The summed E-state index contributed by atoms with van der Waals surface area (Å²) in [5.41, 5.74) is 4.16. The number of anilines is 1. The molecule has 0 spiro atoms. The van der Waals surface area contributed by atoms with Crippen molar-refractivity contribution in [2.24, 2.45) is 0 Å². The molecule has 0 saturated heterocycles. The van der Waals surface area contributed by atoms with Gasteiger partial charge in [-0.25, -0.2) is 0 Å². The van der Waals surface area contributed by atoms with Gasteiger partial charge in [0.05, 0.1) is 5.56 Å². The standard InChI is InChI=1S/C18H19N3O/c22-18-15-3-1-2-4-17(15)21(10-9-19-18)12-13-5-8-16(20-11-13)14-6-7-14/h1-5,8,11,14H,6-7,9-10,12H2,(H,19,22). The van der Waals surface area contributed by atoms with Crippen LogP contribution in [0, 0.1) is 0 Å². The van der Waals surface area contributed by atoms with E-state index in [1.54, 1.807) is 0 Å². The van der Waals surface area contributed by atoms with Gasteiger partial charge in [-0.15, -0.1) is 0 Å². The van der Waals surface area contributed by atoms with Crippen LogP contribution in [-0.4, -0.2) is 24.0 Å². The molecule has 1 amide bonds. The summed E-state index contributed by atoms with van der Waals surface area (Å²) in [6, 6.07) is 12.1. The Morgan fingerprint density at radius 1 is 1.18 bits per heavy atom. The number of benzene rings is 1. The Labute approximate surface area is 130 Å². The number of nitrogens with zero attached hydrogens (tertiary/aromatic N) is 2. The van der Waals surface area contributed by atoms with Crippen LogP contribution >= 0.6 is 0 Å². The second-order valence-electron chi connectivity index (χ2n) is 6.06. The van der Waals surface area contributed by atoms with Crippen LogP contribution in [-0.2, 0) is 6.54 Å². The molecule has 1 fully saturated rings. The van der Waals surface area contributed by atoms with E-state index in [4.69, 9.17) is 0 Å². The van der Waals surface area contributed by atoms with E-state index in [-0.39, 0.29) is 5.91 Å². The van der Waals surface area contributed by atoms with Gasteiger partial charge in [0.1, 0.15) is 0 Å². The molecule has 22 heavy (non-hydrogen) atoms. The highest BCUT2D eigenvalue weighted by molar-refractivity contribution is 6.00. The van der Waals surface area contributed by atoms with Crippen molar-refractivity contribution in [3.8, 4) is 0 Å². The first-order chi connectivity index (χ1) is 10.8. The number of amides is 1. The molecule has 2 aliphatic rings. The van der Waals surface area contributed by atoms with Gasteiger partial charge in [-0.05, 0) is 36.6 Å². The Hall–Kier alpha value is -2.36. The number of hydrogen-bond donors (Lipinski definition) is 1. The fourth-order valence-corrected chi connectivity index (χ4v) is 3.00. The predicted octanol–water partition coefficient (Wildman–Crippen LogP) is 2.71. The molecule has 4 nitrogen and oxygen atoms in total. The van der Waals surface area contributed by atoms with Gasteiger partial charge in [0.25, 0.3) is 5.91 Å². The molecular formula is C18H19N3O. The Bertz CT molecular complexity index is 692. The second-order valence-corrected chi connectivity index (χ2v) is 6.06. The minimum Gasteiger partial charge on any atom is -0.365 e. The minimum absolute atomic E-state index is 0.0142. The van der Waals surface area contributed by atoms with Gasteiger partial charge >= 0.3 is 0 Å². The maximum atomic E-state index is 12.1. The number of para-hydroxylation sites is 1. The topological polar surface area (TPSA) is 45.2 Å². The van der Waals surface area contributed by atoms with Gasteiger partial charge < -0.3 is 10.2 Å². The van der Waals surface area contributed by atoms with E-state index in [1.165, 1.54) is 24.1 Å². The Morgan fingerprint density at radius 2 is 2.05 bits per heavy atom. The van der Waals surface area contributed by atoms with Crippen molar-refractivity contribution < 1.29 is 4.79 Å². The molecule has 1 aliphatic heterocycles. The third-order valence-electron chi connectivity index (χ3n) is 4.37. The number of fused-ring (bicyclic) bond motifs is 1. The van der Waals surface area contributed by atoms with Crippen molar-refractivity contribution >= 4 is 11.6 Å². The van der Waals surface area contributed by atoms with Gasteiger partial charge in [0, 0.05) is 43.1 Å². The first kappa shape index (κ1) is 13.3. The normalized spacial score (nSPS) is 17.6. The first-order valence-corrected chi connectivity index (χ1v) is 7.88. The van der Waals surface area contributed by atoms with E-state index in [0.29, 0.717) is 12.5 Å². The summed E-state index contributed by atoms with van der Waals surface area (Å²) in [5.74, 6) is 0.704. The summed E-state index contributed by atoms with van der Waals surface area (Å²) >= 11 is 0. The van der Waals surface area contributed by atoms with Gasteiger partial charge in [0.15, 0.2) is 0 Å². The minimum atomic E-state index is 0.0142. The molecule has 1 N–H and O–H groups in total. The third kappa shape index (κ3) is 2.56. The monoisotopic (exact) mass is 293 g/mol. The highest BCUT2D eigenvalue weighted by Crippen LogP contribution is 2.38. The zero-order chi connectivity index (χ0) is 14.9. The third-order valence-corrected chi connectivity index (χ3v) is 4.37. The van der Waals surface area contributed by atoms with Gasteiger partial charge in [-0.1, -0.05) is 18.2 Å². The maximum Gasteiger partial charge on any atom is 0.253 e. The molecule has 4 rings (SSSR count). The van der Waals surface area contributed by atoms with Crippen molar-refractivity contribution in [2.75, 3.05) is 18.0 Å². The smallest absolute Gasteiger partial charge is 0.253 e. The molecule has 0 unspecified atom stereocenters. The van der Waals surface area contributed by atoms with Crippen LogP contribution in [0.1, 0.15) is 40.4 Å². The molecule has 1 aromatic carbocycles. The van der Waals surface area contributed by atoms with Crippen molar-refractivity contribution in [3.05, 3.63) is 59.4 Å². The fourth-order valence-electron chi connectivity index (χ4n) is 3.00. The van der Waals surface area contributed by atoms with Crippen molar-refractivity contribution in [3.63, 3.8) is 0 Å². The molecule has 0 bridgehead atoms. The SMILES string of the molecule is O=C1NCCN(Cc2ccc(C3CC3)nc2)c2ccccc21. The Morgan fingerprint density at radius 3 is 2.82 bits per heavy atom. The van der Waals surface area contributed by atoms with Crippen LogP contribution in [0.15, 0.2) is 42.6 Å². The molecule has 1 saturated carbocycles. The van der Waals surface area contributed by atoms with Crippen LogP contribution in [0.2, 0.25) is 0 Å². The van der Waals surface area contributed by atoms with Crippen LogP contribution in [0.5, 0.6) is 0 Å². The molecule has 2 heterocycles. The summed E-state index contributed by atoms with van der Waals surface area (Å²) in [7, 11) is 0. The van der Waals surface area contributed by atoms with Gasteiger partial charge in [0.2, 0.25) is 0 Å². The lowest BCUT2D eigenvalue weighted by Crippen LogP contribution is -2.29. The van der Waals surface area contributed by atoms with E-state index in [0.717, 1.165) is 24.3 Å². The average Bonchev–Trinajstić information content (AvgIpc) is 3.39. The highest BCUT2D eigenvalue weighted by atomic mass is 16.1. The number of carbonyl (C=O) groups is 1. The van der Waals surface area contributed by atoms with Crippen molar-refractivity contribution in [1.29, 1.82) is 0 Å². The Kier molecular flexibility index (Phi) is 3.29. The predicted molar refractivity (Wildman–Crippen MR) is 86.0 cm³/mol. The molecular weight excluding hydrogens is 274 g/mol. The second kappa shape index (κ2) is 5.44. The lowest BCUT2D eigenvalue weighted by molar-refractivity contribution is 0.0958. The molecule has 0 atom stereocenters. The maximum absolute atomic E-state index is 12.1. The zero-order valence-electron chi connectivity index (χ0n) is 12.5. The number of pyridine rings is 1. The lowest BCUT2D eigenvalue weighted by Gasteiger charge is -2.24. The molecule has 4 heteroatoms. The van der Waals surface area contributed by atoms with Crippen LogP contribution < -0.4 is 10.2 Å². The lowest BCUT2D eigenvalue weighted by atomic mass is 10.1. The van der Waals surface area contributed by atoms with Crippen LogP contribution in [0.4, 0.5) is 5.69 Å². The highest BCUT2D eigenvalue weighted by Gasteiger charge is 2.25. The van der Waals surface area contributed by atoms with Crippen molar-refractivity contribution in [2.45, 2.75) is 25.3 Å². The van der Waals surface area contributed by atoms with Gasteiger partial charge in [-0.3, -0.25) is 9.78 Å². The first-order valence-electron chi connectivity index (χ1n) is 7.88. The average molecular weight is 293 g/mol. The summed E-state index contributed by atoms with van der Waals surface area (Å²) < 4.78 is 0. The summed E-state index contributed by atoms with van der Waals surface area (Å²) in [6.45, 7) is 2.26. The molecule has 112 valence electrons. The number of rotatable bonds is 3. The van der Waals surface area contributed by atoms with E-state index in [9.17, 15) is 4.79 Å².